The molecule has 0 fully saturated rings. The van der Waals surface area contributed by atoms with Gasteiger partial charge in [-0.15, -0.1) is 0 Å². The topological polar surface area (TPSA) is 61.4 Å². The maximum absolute atomic E-state index is 11.7. The van der Waals surface area contributed by atoms with Crippen molar-refractivity contribution >= 4 is 5.91 Å². The Kier molecular flexibility index (Phi) is 6.60. The van der Waals surface area contributed by atoms with Gasteiger partial charge in [0.25, 0.3) is 0 Å². The van der Waals surface area contributed by atoms with Gasteiger partial charge < -0.3 is 15.7 Å². The highest BCUT2D eigenvalue weighted by Gasteiger charge is 2.21. The Morgan fingerprint density at radius 2 is 1.94 bits per heavy atom. The number of carbonyl (C=O) groups is 1. The molecular formula is C12H26N2O2. The van der Waals surface area contributed by atoms with Crippen LogP contribution in [0, 0.1) is 0 Å². The molecule has 0 rings (SSSR count). The Morgan fingerprint density at radius 1 is 1.38 bits per heavy atom. The fourth-order valence-corrected chi connectivity index (χ4v) is 1.06. The number of hydrogen-bond acceptors (Lipinski definition) is 3. The zero-order valence-corrected chi connectivity index (χ0v) is 11.1. The molecule has 96 valence electrons. The third-order valence-corrected chi connectivity index (χ3v) is 2.95. The Balaban J connectivity index is 3.97. The largest absolute Gasteiger partial charge is 0.389 e. The van der Waals surface area contributed by atoms with Crippen LogP contribution < -0.4 is 10.6 Å². The van der Waals surface area contributed by atoms with Crippen molar-refractivity contribution < 1.29 is 9.90 Å². The highest BCUT2D eigenvalue weighted by Crippen LogP contribution is 2.06. The average molecular weight is 230 g/mol. The van der Waals surface area contributed by atoms with Crippen LogP contribution in [0.5, 0.6) is 0 Å². The van der Waals surface area contributed by atoms with Crippen molar-refractivity contribution in [3.05, 3.63) is 0 Å². The lowest BCUT2D eigenvalue weighted by Crippen LogP contribution is -2.49. The minimum atomic E-state index is -0.745. The minimum absolute atomic E-state index is 0.0127. The molecule has 3 unspecified atom stereocenters. The van der Waals surface area contributed by atoms with E-state index in [0.717, 1.165) is 6.42 Å². The molecule has 0 aliphatic rings. The molecule has 0 aliphatic carbocycles. The Bertz CT molecular complexity index is 217. The number of amides is 1. The fourth-order valence-electron chi connectivity index (χ4n) is 1.06. The Labute approximate surface area is 98.8 Å². The van der Waals surface area contributed by atoms with E-state index in [1.807, 2.05) is 27.7 Å². The fraction of sp³-hybridized carbons (Fsp3) is 0.917. The van der Waals surface area contributed by atoms with Crippen molar-refractivity contribution in [3.63, 3.8) is 0 Å². The maximum Gasteiger partial charge on any atom is 0.237 e. The van der Waals surface area contributed by atoms with Gasteiger partial charge in [-0.3, -0.25) is 4.79 Å². The van der Waals surface area contributed by atoms with Crippen molar-refractivity contribution in [1.29, 1.82) is 0 Å². The van der Waals surface area contributed by atoms with Gasteiger partial charge in [-0.25, -0.2) is 0 Å². The third-order valence-electron chi connectivity index (χ3n) is 2.95. The zero-order chi connectivity index (χ0) is 12.8. The predicted molar refractivity (Wildman–Crippen MR) is 66.3 cm³/mol. The van der Waals surface area contributed by atoms with Crippen molar-refractivity contribution in [2.24, 2.45) is 0 Å². The molecule has 3 atom stereocenters. The normalized spacial score (nSPS) is 18.6. The summed E-state index contributed by atoms with van der Waals surface area (Å²) in [6.45, 7) is 9.94. The molecule has 0 saturated carbocycles. The van der Waals surface area contributed by atoms with Crippen LogP contribution in [0.1, 0.15) is 47.5 Å². The molecule has 0 aliphatic heterocycles. The monoisotopic (exact) mass is 230 g/mol. The van der Waals surface area contributed by atoms with Gasteiger partial charge in [-0.1, -0.05) is 13.8 Å². The highest BCUT2D eigenvalue weighted by atomic mass is 16.3. The van der Waals surface area contributed by atoms with Crippen LogP contribution in [-0.4, -0.2) is 35.2 Å². The molecular weight excluding hydrogens is 204 g/mol. The smallest absolute Gasteiger partial charge is 0.237 e. The first-order valence-corrected chi connectivity index (χ1v) is 6.08. The second-order valence-electron chi connectivity index (χ2n) is 4.77. The molecule has 0 saturated heterocycles. The van der Waals surface area contributed by atoms with Crippen molar-refractivity contribution in [1.82, 2.24) is 10.6 Å². The molecule has 1 amide bonds. The predicted octanol–water partition coefficient (Wildman–Crippen LogP) is 1.04. The summed E-state index contributed by atoms with van der Waals surface area (Å²) >= 11 is 0. The number of rotatable bonds is 7. The van der Waals surface area contributed by atoms with E-state index in [1.165, 1.54) is 0 Å². The highest BCUT2D eigenvalue weighted by molar-refractivity contribution is 5.81. The van der Waals surface area contributed by atoms with Gasteiger partial charge in [0.15, 0.2) is 0 Å². The summed E-state index contributed by atoms with van der Waals surface area (Å²) in [5.41, 5.74) is -0.745. The summed E-state index contributed by atoms with van der Waals surface area (Å²) in [5, 5.41) is 15.7. The van der Waals surface area contributed by atoms with Crippen molar-refractivity contribution in [2.45, 2.75) is 65.1 Å². The van der Waals surface area contributed by atoms with Crippen LogP contribution in [0.15, 0.2) is 0 Å². The van der Waals surface area contributed by atoms with E-state index in [2.05, 4.69) is 10.6 Å². The van der Waals surface area contributed by atoms with Crippen LogP contribution in [0.3, 0.4) is 0 Å². The number of nitrogens with one attached hydrogen (secondary N) is 2. The SMILES string of the molecule is CCC(C)NC(=O)C(C)NCC(C)(O)CC. The van der Waals surface area contributed by atoms with Crippen LogP contribution in [-0.2, 0) is 4.79 Å². The maximum atomic E-state index is 11.7. The first kappa shape index (κ1) is 15.4. The second-order valence-corrected chi connectivity index (χ2v) is 4.77. The van der Waals surface area contributed by atoms with E-state index in [-0.39, 0.29) is 18.0 Å². The number of carbonyl (C=O) groups excluding carboxylic acids is 1. The summed E-state index contributed by atoms with van der Waals surface area (Å²) in [7, 11) is 0. The van der Waals surface area contributed by atoms with E-state index in [9.17, 15) is 9.90 Å². The molecule has 0 radical (unpaired) electrons. The van der Waals surface area contributed by atoms with Gasteiger partial charge >= 0.3 is 0 Å². The van der Waals surface area contributed by atoms with E-state index in [1.54, 1.807) is 6.92 Å². The van der Waals surface area contributed by atoms with Crippen molar-refractivity contribution in [2.75, 3.05) is 6.54 Å². The average Bonchev–Trinajstić information content (AvgIpc) is 2.25. The molecule has 0 bridgehead atoms. The van der Waals surface area contributed by atoms with Gasteiger partial charge in [-0.2, -0.15) is 0 Å². The first-order valence-electron chi connectivity index (χ1n) is 6.08. The van der Waals surface area contributed by atoms with E-state index in [4.69, 9.17) is 0 Å². The second kappa shape index (κ2) is 6.86. The molecule has 3 N–H and O–H groups in total. The van der Waals surface area contributed by atoms with E-state index in [0.29, 0.717) is 13.0 Å². The van der Waals surface area contributed by atoms with Crippen molar-refractivity contribution in [3.8, 4) is 0 Å². The number of hydrogen-bond donors (Lipinski definition) is 3. The lowest BCUT2D eigenvalue weighted by Gasteiger charge is -2.24. The Hall–Kier alpha value is -0.610. The summed E-state index contributed by atoms with van der Waals surface area (Å²) in [4.78, 5) is 11.7. The lowest BCUT2D eigenvalue weighted by molar-refractivity contribution is -0.123. The zero-order valence-electron chi connectivity index (χ0n) is 11.1. The van der Waals surface area contributed by atoms with E-state index >= 15 is 0 Å². The van der Waals surface area contributed by atoms with E-state index < -0.39 is 5.60 Å². The molecule has 16 heavy (non-hydrogen) atoms. The van der Waals surface area contributed by atoms with Crippen LogP contribution in [0.25, 0.3) is 0 Å². The standard InChI is InChI=1S/C12H26N2O2/c1-6-9(3)14-11(15)10(4)13-8-12(5,16)7-2/h9-10,13,16H,6-8H2,1-5H3,(H,14,15). The lowest BCUT2D eigenvalue weighted by atomic mass is 10.0. The Morgan fingerprint density at radius 3 is 2.38 bits per heavy atom. The third kappa shape index (κ3) is 6.08. The van der Waals surface area contributed by atoms with Gasteiger partial charge in [0, 0.05) is 12.6 Å². The quantitative estimate of drug-likeness (QED) is 0.612. The molecule has 0 aromatic rings. The first-order chi connectivity index (χ1) is 7.32. The van der Waals surface area contributed by atoms with Gasteiger partial charge in [-0.05, 0) is 33.6 Å². The summed E-state index contributed by atoms with van der Waals surface area (Å²) in [5.74, 6) is -0.0127. The molecule has 4 nitrogen and oxygen atoms in total. The minimum Gasteiger partial charge on any atom is -0.389 e. The van der Waals surface area contributed by atoms with Crippen LogP contribution in [0.2, 0.25) is 0 Å². The molecule has 4 heteroatoms. The molecule has 0 spiro atoms. The van der Waals surface area contributed by atoms with Gasteiger partial charge in [0.05, 0.1) is 11.6 Å². The number of aliphatic hydroxyl groups is 1. The van der Waals surface area contributed by atoms with Crippen LogP contribution in [0.4, 0.5) is 0 Å². The van der Waals surface area contributed by atoms with Crippen LogP contribution >= 0.6 is 0 Å². The van der Waals surface area contributed by atoms with Gasteiger partial charge in [0.2, 0.25) is 5.91 Å². The molecule has 0 heterocycles. The summed E-state index contributed by atoms with van der Waals surface area (Å²) < 4.78 is 0. The van der Waals surface area contributed by atoms with Gasteiger partial charge in [0.1, 0.15) is 0 Å². The summed E-state index contributed by atoms with van der Waals surface area (Å²) in [6.07, 6.45) is 1.59. The molecule has 0 aromatic heterocycles. The molecule has 0 aromatic carbocycles. The summed E-state index contributed by atoms with van der Waals surface area (Å²) in [6, 6.07) is -0.0736.